The van der Waals surface area contributed by atoms with Gasteiger partial charge in [0.15, 0.2) is 0 Å². The maximum absolute atomic E-state index is 14.4. The number of alkyl halides is 3. The molecule has 40 heavy (non-hydrogen) atoms. The van der Waals surface area contributed by atoms with E-state index in [0.717, 1.165) is 28.0 Å². The van der Waals surface area contributed by atoms with Crippen molar-refractivity contribution >= 4 is 23.1 Å². The summed E-state index contributed by atoms with van der Waals surface area (Å²) in [6.07, 6.45) is -6.37. The molecule has 2 heterocycles. The molecular formula is C27H18F5N3O4S. The number of pyridine rings is 1. The number of aromatic nitrogens is 1. The summed E-state index contributed by atoms with van der Waals surface area (Å²) < 4.78 is 75.6. The Hall–Kier alpha value is -4.70. The molecular weight excluding hydrogens is 557 g/mol. The Bertz CT molecular complexity index is 1710. The number of hydrogen-bond donors (Lipinski definition) is 2. The first-order chi connectivity index (χ1) is 18.9. The summed E-state index contributed by atoms with van der Waals surface area (Å²) in [5.74, 6) is -1.63. The quantitative estimate of drug-likeness (QED) is 0.232. The highest BCUT2D eigenvalue weighted by molar-refractivity contribution is 7.14. The van der Waals surface area contributed by atoms with Gasteiger partial charge in [-0.25, -0.2) is 13.6 Å². The van der Waals surface area contributed by atoms with Crippen LogP contribution in [0.3, 0.4) is 0 Å². The zero-order chi connectivity index (χ0) is 29.2. The van der Waals surface area contributed by atoms with Gasteiger partial charge in [0, 0.05) is 11.6 Å². The van der Waals surface area contributed by atoms with Gasteiger partial charge in [-0.1, -0.05) is 12.1 Å². The standard InChI is InChI=1S/C27H18F5N3O4S/c1-2-39-23-6-4-14(7-21(23)34-26(37)38)16-8-24(40-13-16)22-10-19(27(30,31)32)18(11-33)25(36)35(22)12-15-3-5-17(28)9-20(15)29/h3-10,13,34H,2,12H2,1H3,(H,37,38). The lowest BCUT2D eigenvalue weighted by Crippen LogP contribution is -2.28. The van der Waals surface area contributed by atoms with Crippen LogP contribution in [-0.2, 0) is 12.7 Å². The van der Waals surface area contributed by atoms with E-state index in [1.54, 1.807) is 18.4 Å². The van der Waals surface area contributed by atoms with Gasteiger partial charge < -0.3 is 14.4 Å². The second kappa shape index (κ2) is 11.2. The minimum Gasteiger partial charge on any atom is -0.492 e. The van der Waals surface area contributed by atoms with Crippen molar-refractivity contribution in [2.75, 3.05) is 11.9 Å². The molecule has 1 amide bonds. The van der Waals surface area contributed by atoms with Gasteiger partial charge in [0.05, 0.1) is 35.0 Å². The molecule has 4 rings (SSSR count). The topological polar surface area (TPSA) is 104 Å². The van der Waals surface area contributed by atoms with Crippen molar-refractivity contribution in [3.05, 3.63) is 92.6 Å². The number of halogens is 5. The molecule has 0 atom stereocenters. The van der Waals surface area contributed by atoms with Crippen molar-refractivity contribution in [3.8, 4) is 33.5 Å². The van der Waals surface area contributed by atoms with Crippen molar-refractivity contribution in [2.45, 2.75) is 19.6 Å². The first-order valence-electron chi connectivity index (χ1n) is 11.5. The van der Waals surface area contributed by atoms with E-state index >= 15 is 0 Å². The lowest BCUT2D eigenvalue weighted by molar-refractivity contribution is -0.137. The molecule has 0 aliphatic heterocycles. The van der Waals surface area contributed by atoms with Gasteiger partial charge in [-0.15, -0.1) is 11.3 Å². The van der Waals surface area contributed by atoms with Crippen LogP contribution in [0.4, 0.5) is 32.4 Å². The predicted molar refractivity (Wildman–Crippen MR) is 137 cm³/mol. The largest absolute Gasteiger partial charge is 0.492 e. The van der Waals surface area contributed by atoms with Crippen LogP contribution >= 0.6 is 11.3 Å². The Kier molecular flexibility index (Phi) is 7.92. The van der Waals surface area contributed by atoms with E-state index in [4.69, 9.17) is 9.84 Å². The number of anilines is 1. The Morgan fingerprint density at radius 2 is 1.88 bits per heavy atom. The van der Waals surface area contributed by atoms with Crippen LogP contribution in [0.2, 0.25) is 0 Å². The molecule has 7 nitrogen and oxygen atoms in total. The van der Waals surface area contributed by atoms with Crippen molar-refractivity contribution in [1.29, 1.82) is 5.26 Å². The van der Waals surface area contributed by atoms with E-state index in [9.17, 15) is 36.8 Å². The highest BCUT2D eigenvalue weighted by Gasteiger charge is 2.37. The summed E-state index contributed by atoms with van der Waals surface area (Å²) in [6.45, 7) is 1.41. The first-order valence-corrected chi connectivity index (χ1v) is 12.4. The fraction of sp³-hybridized carbons (Fsp3) is 0.148. The molecule has 0 bridgehead atoms. The summed E-state index contributed by atoms with van der Waals surface area (Å²) in [5.41, 5.74) is -3.23. The number of benzene rings is 2. The van der Waals surface area contributed by atoms with E-state index in [0.29, 0.717) is 23.3 Å². The second-order valence-electron chi connectivity index (χ2n) is 8.33. The molecule has 13 heteroatoms. The highest BCUT2D eigenvalue weighted by Crippen LogP contribution is 2.39. The van der Waals surface area contributed by atoms with Gasteiger partial charge in [-0.2, -0.15) is 18.4 Å². The Morgan fingerprint density at radius 1 is 1.12 bits per heavy atom. The summed E-state index contributed by atoms with van der Waals surface area (Å²) in [4.78, 5) is 24.5. The monoisotopic (exact) mass is 575 g/mol. The number of rotatable bonds is 7. The maximum atomic E-state index is 14.4. The zero-order valence-corrected chi connectivity index (χ0v) is 21.3. The van der Waals surface area contributed by atoms with Gasteiger partial charge in [0.25, 0.3) is 5.56 Å². The van der Waals surface area contributed by atoms with Crippen LogP contribution in [0.25, 0.3) is 21.7 Å². The van der Waals surface area contributed by atoms with Crippen LogP contribution in [0.5, 0.6) is 5.75 Å². The van der Waals surface area contributed by atoms with E-state index in [-0.39, 0.29) is 34.2 Å². The summed E-state index contributed by atoms with van der Waals surface area (Å²) in [6, 6.07) is 10.6. The van der Waals surface area contributed by atoms with Crippen molar-refractivity contribution in [3.63, 3.8) is 0 Å². The van der Waals surface area contributed by atoms with Crippen molar-refractivity contribution in [1.82, 2.24) is 4.57 Å². The SMILES string of the molecule is CCOc1ccc(-c2csc(-c3cc(C(F)(F)F)c(C#N)c(=O)n3Cc3ccc(F)cc3F)c2)cc1NC(=O)O. The van der Waals surface area contributed by atoms with Crippen LogP contribution < -0.4 is 15.6 Å². The normalized spacial score (nSPS) is 11.2. The molecule has 0 saturated carbocycles. The van der Waals surface area contributed by atoms with Crippen molar-refractivity contribution in [2.24, 2.45) is 0 Å². The van der Waals surface area contributed by atoms with Gasteiger partial charge in [0.1, 0.15) is 29.0 Å². The average Bonchev–Trinajstić information content (AvgIpc) is 3.36. The fourth-order valence-corrected chi connectivity index (χ4v) is 4.93. The molecule has 0 spiro atoms. The number of nitrogens with zero attached hydrogens (tertiary/aromatic N) is 2. The fourth-order valence-electron chi connectivity index (χ4n) is 3.99. The molecule has 0 saturated heterocycles. The second-order valence-corrected chi connectivity index (χ2v) is 9.24. The molecule has 0 unspecified atom stereocenters. The van der Waals surface area contributed by atoms with Crippen LogP contribution in [0.15, 0.2) is 58.7 Å². The van der Waals surface area contributed by atoms with Crippen molar-refractivity contribution < 1.29 is 36.6 Å². The zero-order valence-electron chi connectivity index (χ0n) is 20.5. The molecule has 0 fully saturated rings. The Morgan fingerprint density at radius 3 is 2.50 bits per heavy atom. The van der Waals surface area contributed by atoms with Gasteiger partial charge in [0.2, 0.25) is 0 Å². The van der Waals surface area contributed by atoms with Gasteiger partial charge >= 0.3 is 12.3 Å². The summed E-state index contributed by atoms with van der Waals surface area (Å²) >= 11 is 0.973. The van der Waals surface area contributed by atoms with E-state index in [1.807, 2.05) is 0 Å². The first kappa shape index (κ1) is 28.3. The number of carbonyl (C=O) groups is 1. The number of amides is 1. The Labute approximate surface area is 227 Å². The third kappa shape index (κ3) is 5.81. The minimum atomic E-state index is -5.04. The van der Waals surface area contributed by atoms with Gasteiger partial charge in [-0.05, 0) is 53.8 Å². The van der Waals surface area contributed by atoms with E-state index in [2.05, 4.69) is 5.32 Å². The molecule has 4 aromatic rings. The smallest absolute Gasteiger partial charge is 0.417 e. The molecule has 0 aliphatic carbocycles. The molecule has 2 aromatic carbocycles. The molecule has 2 aromatic heterocycles. The number of hydrogen-bond acceptors (Lipinski definition) is 5. The molecule has 0 aliphatic rings. The van der Waals surface area contributed by atoms with Crippen LogP contribution in [0.1, 0.15) is 23.6 Å². The minimum absolute atomic E-state index is 0.140. The molecule has 2 N–H and O–H groups in total. The lowest BCUT2D eigenvalue weighted by atomic mass is 10.0. The van der Waals surface area contributed by atoms with Gasteiger partial charge in [-0.3, -0.25) is 10.1 Å². The summed E-state index contributed by atoms with van der Waals surface area (Å²) in [5, 5.41) is 22.3. The molecule has 206 valence electrons. The third-order valence-electron chi connectivity index (χ3n) is 5.77. The Balaban J connectivity index is 1.89. The van der Waals surface area contributed by atoms with Crippen LogP contribution in [-0.4, -0.2) is 22.4 Å². The number of nitrogens with one attached hydrogen (secondary N) is 1. The van der Waals surface area contributed by atoms with E-state index < -0.39 is 47.1 Å². The highest BCUT2D eigenvalue weighted by atomic mass is 32.1. The molecule has 0 radical (unpaired) electrons. The number of thiophene rings is 1. The lowest BCUT2D eigenvalue weighted by Gasteiger charge is -2.17. The predicted octanol–water partition coefficient (Wildman–Crippen LogP) is 6.95. The number of carboxylic acid groups (broad SMARTS) is 1. The third-order valence-corrected chi connectivity index (χ3v) is 6.72. The number of ether oxygens (including phenoxy) is 1. The number of nitriles is 1. The maximum Gasteiger partial charge on any atom is 0.417 e. The summed E-state index contributed by atoms with van der Waals surface area (Å²) in [7, 11) is 0. The van der Waals surface area contributed by atoms with E-state index in [1.165, 1.54) is 24.3 Å². The average molecular weight is 576 g/mol. The van der Waals surface area contributed by atoms with Crippen LogP contribution in [0, 0.1) is 23.0 Å².